The van der Waals surface area contributed by atoms with Crippen LogP contribution in [0.1, 0.15) is 19.4 Å². The summed E-state index contributed by atoms with van der Waals surface area (Å²) in [4.78, 5) is 11.7. The molecular formula is C13H18ClNO3. The van der Waals surface area contributed by atoms with Gasteiger partial charge >= 0.3 is 0 Å². The van der Waals surface area contributed by atoms with E-state index in [1.807, 2.05) is 0 Å². The first-order chi connectivity index (χ1) is 8.36. The molecule has 5 heteroatoms. The Labute approximate surface area is 112 Å². The zero-order valence-electron chi connectivity index (χ0n) is 10.5. The SMILES string of the molecule is CC(C)(CO)[C@H](O)C(=O)NCc1ccc(Cl)cc1. The number of amides is 1. The number of rotatable bonds is 5. The van der Waals surface area contributed by atoms with Crippen LogP contribution in [0.3, 0.4) is 0 Å². The maximum atomic E-state index is 11.7. The predicted octanol–water partition coefficient (Wildman–Crippen LogP) is 1.34. The van der Waals surface area contributed by atoms with Crippen molar-refractivity contribution in [1.82, 2.24) is 5.32 Å². The monoisotopic (exact) mass is 271 g/mol. The second kappa shape index (κ2) is 6.18. The van der Waals surface area contributed by atoms with Gasteiger partial charge < -0.3 is 15.5 Å². The first kappa shape index (κ1) is 15.0. The van der Waals surface area contributed by atoms with Gasteiger partial charge in [-0.15, -0.1) is 0 Å². The van der Waals surface area contributed by atoms with Crippen LogP contribution in [-0.4, -0.2) is 28.8 Å². The van der Waals surface area contributed by atoms with Crippen LogP contribution in [0.15, 0.2) is 24.3 Å². The van der Waals surface area contributed by atoms with Gasteiger partial charge in [-0.25, -0.2) is 0 Å². The number of benzene rings is 1. The fourth-order valence-corrected chi connectivity index (χ4v) is 1.46. The van der Waals surface area contributed by atoms with Crippen molar-refractivity contribution in [3.63, 3.8) is 0 Å². The summed E-state index contributed by atoms with van der Waals surface area (Å²) < 4.78 is 0. The molecule has 1 amide bonds. The summed E-state index contributed by atoms with van der Waals surface area (Å²) in [6, 6.07) is 7.06. The van der Waals surface area contributed by atoms with Crippen molar-refractivity contribution in [1.29, 1.82) is 0 Å². The molecular weight excluding hydrogens is 254 g/mol. The van der Waals surface area contributed by atoms with Gasteiger partial charge in [0.05, 0.1) is 6.61 Å². The Morgan fingerprint density at radius 2 is 1.94 bits per heavy atom. The van der Waals surface area contributed by atoms with Gasteiger partial charge in [0.2, 0.25) is 5.91 Å². The maximum absolute atomic E-state index is 11.7. The van der Waals surface area contributed by atoms with E-state index < -0.39 is 17.4 Å². The highest BCUT2D eigenvalue weighted by Gasteiger charge is 2.32. The zero-order valence-corrected chi connectivity index (χ0v) is 11.2. The molecule has 0 saturated carbocycles. The summed E-state index contributed by atoms with van der Waals surface area (Å²) in [5.41, 5.74) is 0.0334. The lowest BCUT2D eigenvalue weighted by Crippen LogP contribution is -2.45. The van der Waals surface area contributed by atoms with Crippen LogP contribution in [0.2, 0.25) is 5.02 Å². The van der Waals surface area contributed by atoms with Crippen LogP contribution in [0.5, 0.6) is 0 Å². The van der Waals surface area contributed by atoms with Gasteiger partial charge in [0.1, 0.15) is 6.10 Å². The Morgan fingerprint density at radius 1 is 1.39 bits per heavy atom. The van der Waals surface area contributed by atoms with E-state index in [4.69, 9.17) is 16.7 Å². The molecule has 0 spiro atoms. The first-order valence-corrected chi connectivity index (χ1v) is 6.05. The molecule has 3 N–H and O–H groups in total. The van der Waals surface area contributed by atoms with E-state index in [2.05, 4.69) is 5.32 Å². The van der Waals surface area contributed by atoms with E-state index in [0.717, 1.165) is 5.56 Å². The van der Waals surface area contributed by atoms with Crippen molar-refractivity contribution < 1.29 is 15.0 Å². The average Bonchev–Trinajstić information content (AvgIpc) is 2.36. The molecule has 0 heterocycles. The maximum Gasteiger partial charge on any atom is 0.249 e. The second-order valence-corrected chi connectivity index (χ2v) is 5.33. The average molecular weight is 272 g/mol. The fourth-order valence-electron chi connectivity index (χ4n) is 1.33. The van der Waals surface area contributed by atoms with Crippen molar-refractivity contribution in [3.05, 3.63) is 34.9 Å². The molecule has 0 bridgehead atoms. The minimum Gasteiger partial charge on any atom is -0.396 e. The Kier molecular flexibility index (Phi) is 5.14. The minimum absolute atomic E-state index is 0.261. The molecule has 4 nitrogen and oxygen atoms in total. The number of hydrogen-bond donors (Lipinski definition) is 3. The number of aliphatic hydroxyl groups is 2. The predicted molar refractivity (Wildman–Crippen MR) is 70.2 cm³/mol. The van der Waals surface area contributed by atoms with E-state index in [0.29, 0.717) is 11.6 Å². The highest BCUT2D eigenvalue weighted by Crippen LogP contribution is 2.19. The minimum atomic E-state index is -1.24. The van der Waals surface area contributed by atoms with Gasteiger partial charge in [-0.3, -0.25) is 4.79 Å². The van der Waals surface area contributed by atoms with E-state index in [9.17, 15) is 9.90 Å². The Balaban J connectivity index is 2.53. The normalized spacial score (nSPS) is 13.2. The third-order valence-corrected chi connectivity index (χ3v) is 3.03. The van der Waals surface area contributed by atoms with Crippen LogP contribution in [0.25, 0.3) is 0 Å². The smallest absolute Gasteiger partial charge is 0.249 e. The van der Waals surface area contributed by atoms with E-state index in [-0.39, 0.29) is 6.61 Å². The molecule has 0 unspecified atom stereocenters. The highest BCUT2D eigenvalue weighted by molar-refractivity contribution is 6.30. The zero-order chi connectivity index (χ0) is 13.8. The topological polar surface area (TPSA) is 69.6 Å². The standard InChI is InChI=1S/C13H18ClNO3/c1-13(2,8-16)11(17)12(18)15-7-9-3-5-10(14)6-4-9/h3-6,11,16-17H,7-8H2,1-2H3,(H,15,18)/t11-/m1/s1. The lowest BCUT2D eigenvalue weighted by Gasteiger charge is -2.27. The fraction of sp³-hybridized carbons (Fsp3) is 0.462. The summed E-state index contributed by atoms with van der Waals surface area (Å²) in [7, 11) is 0. The largest absolute Gasteiger partial charge is 0.396 e. The van der Waals surface area contributed by atoms with Gasteiger partial charge in [0, 0.05) is 17.0 Å². The quantitative estimate of drug-likeness (QED) is 0.757. The van der Waals surface area contributed by atoms with Gasteiger partial charge in [-0.2, -0.15) is 0 Å². The van der Waals surface area contributed by atoms with Crippen LogP contribution in [0.4, 0.5) is 0 Å². The molecule has 0 saturated heterocycles. The summed E-state index contributed by atoms with van der Waals surface area (Å²) >= 11 is 5.75. The molecule has 1 rings (SSSR count). The molecule has 0 aliphatic carbocycles. The number of carbonyl (C=O) groups is 1. The van der Waals surface area contributed by atoms with Crippen LogP contribution < -0.4 is 5.32 Å². The van der Waals surface area contributed by atoms with Gasteiger partial charge in [-0.05, 0) is 17.7 Å². The molecule has 0 aliphatic rings. The molecule has 100 valence electrons. The molecule has 1 aromatic carbocycles. The van der Waals surface area contributed by atoms with E-state index in [1.54, 1.807) is 38.1 Å². The lowest BCUT2D eigenvalue weighted by atomic mass is 9.87. The van der Waals surface area contributed by atoms with Crippen LogP contribution in [-0.2, 0) is 11.3 Å². The molecule has 1 atom stereocenters. The molecule has 0 radical (unpaired) electrons. The molecule has 1 aromatic rings. The Bertz CT molecular complexity index is 403. The summed E-state index contributed by atoms with van der Waals surface area (Å²) in [6.45, 7) is 3.30. The third kappa shape index (κ3) is 3.98. The Morgan fingerprint density at radius 3 is 2.44 bits per heavy atom. The lowest BCUT2D eigenvalue weighted by molar-refractivity contribution is -0.137. The van der Waals surface area contributed by atoms with Gasteiger partial charge in [0.25, 0.3) is 0 Å². The van der Waals surface area contributed by atoms with Gasteiger partial charge in [-0.1, -0.05) is 37.6 Å². The summed E-state index contributed by atoms with van der Waals surface area (Å²) in [5, 5.41) is 22.1. The Hall–Kier alpha value is -1.10. The number of carbonyl (C=O) groups excluding carboxylic acids is 1. The number of aliphatic hydroxyl groups excluding tert-OH is 2. The van der Waals surface area contributed by atoms with Crippen molar-refractivity contribution in [2.75, 3.05) is 6.61 Å². The van der Waals surface area contributed by atoms with E-state index in [1.165, 1.54) is 0 Å². The molecule has 0 aliphatic heterocycles. The van der Waals surface area contributed by atoms with Crippen molar-refractivity contribution in [3.8, 4) is 0 Å². The third-order valence-electron chi connectivity index (χ3n) is 2.78. The van der Waals surface area contributed by atoms with Crippen LogP contribution >= 0.6 is 11.6 Å². The van der Waals surface area contributed by atoms with Crippen molar-refractivity contribution in [2.24, 2.45) is 5.41 Å². The van der Waals surface area contributed by atoms with Crippen molar-refractivity contribution in [2.45, 2.75) is 26.5 Å². The number of hydrogen-bond acceptors (Lipinski definition) is 3. The summed E-state index contributed by atoms with van der Waals surface area (Å²) in [6.07, 6.45) is -1.24. The van der Waals surface area contributed by atoms with Gasteiger partial charge in [0.15, 0.2) is 0 Å². The van der Waals surface area contributed by atoms with E-state index >= 15 is 0 Å². The summed E-state index contributed by atoms with van der Waals surface area (Å²) in [5.74, 6) is -0.496. The van der Waals surface area contributed by atoms with Crippen LogP contribution in [0, 0.1) is 5.41 Å². The highest BCUT2D eigenvalue weighted by atomic mass is 35.5. The first-order valence-electron chi connectivity index (χ1n) is 5.68. The number of halogens is 1. The second-order valence-electron chi connectivity index (χ2n) is 4.89. The van der Waals surface area contributed by atoms with Crippen molar-refractivity contribution >= 4 is 17.5 Å². The molecule has 18 heavy (non-hydrogen) atoms. The molecule has 0 fully saturated rings. The molecule has 0 aromatic heterocycles. The number of nitrogens with one attached hydrogen (secondary N) is 1.